The predicted molar refractivity (Wildman–Crippen MR) is 80.7 cm³/mol. The van der Waals surface area contributed by atoms with Crippen molar-refractivity contribution in [3.05, 3.63) is 16.1 Å². The summed E-state index contributed by atoms with van der Waals surface area (Å²) in [6.45, 7) is 7.60. The monoisotopic (exact) mass is 313 g/mol. The second-order valence-corrected chi connectivity index (χ2v) is 5.45. The summed E-state index contributed by atoms with van der Waals surface area (Å²) < 4.78 is 0. The summed E-state index contributed by atoms with van der Waals surface area (Å²) in [5.41, 5.74) is 5.68. The maximum Gasteiger partial charge on any atom is 0.224 e. The van der Waals surface area contributed by atoms with Crippen LogP contribution in [0.5, 0.6) is 0 Å². The van der Waals surface area contributed by atoms with Gasteiger partial charge in [0.2, 0.25) is 5.91 Å². The van der Waals surface area contributed by atoms with E-state index < -0.39 is 0 Å². The summed E-state index contributed by atoms with van der Waals surface area (Å²) in [5, 5.41) is 3.85. The highest BCUT2D eigenvalue weighted by Crippen LogP contribution is 2.19. The number of carbonyl (C=O) groups is 1. The van der Waals surface area contributed by atoms with E-state index in [0.717, 1.165) is 9.88 Å². The zero-order valence-electron chi connectivity index (χ0n) is 11.0. The quantitative estimate of drug-likeness (QED) is 0.897. The molecule has 0 aliphatic carbocycles. The summed E-state index contributed by atoms with van der Waals surface area (Å²) >= 11 is 1.60. The van der Waals surface area contributed by atoms with E-state index in [9.17, 15) is 4.79 Å². The number of aryl methyl sites for hydroxylation is 1. The second kappa shape index (κ2) is 8.69. The standard InChI is InChI=1S/C11H19N3OS.2ClH/c1-6-5-13-11(16-6)9(4)14-10(15)7(2)8(3)12;;/h5,7-9H,12H2,1-4H3,(H,14,15);2*1H. The van der Waals surface area contributed by atoms with Gasteiger partial charge in [0.05, 0.1) is 6.04 Å². The van der Waals surface area contributed by atoms with Gasteiger partial charge in [-0.05, 0) is 20.8 Å². The van der Waals surface area contributed by atoms with Crippen molar-refractivity contribution in [2.24, 2.45) is 11.7 Å². The first-order valence-corrected chi connectivity index (χ1v) is 6.21. The first-order chi connectivity index (χ1) is 7.41. The molecule has 0 aromatic carbocycles. The first-order valence-electron chi connectivity index (χ1n) is 5.40. The number of thiazole rings is 1. The highest BCUT2D eigenvalue weighted by Gasteiger charge is 2.20. The van der Waals surface area contributed by atoms with Crippen molar-refractivity contribution in [1.82, 2.24) is 10.3 Å². The number of hydrogen-bond donors (Lipinski definition) is 2. The third-order valence-electron chi connectivity index (χ3n) is 2.57. The first kappa shape index (κ1) is 20.0. The summed E-state index contributed by atoms with van der Waals surface area (Å²) in [7, 11) is 0. The number of rotatable bonds is 4. The molecule has 4 nitrogen and oxygen atoms in total. The maximum absolute atomic E-state index is 11.8. The second-order valence-electron chi connectivity index (χ2n) is 4.19. The van der Waals surface area contributed by atoms with Gasteiger partial charge < -0.3 is 11.1 Å². The van der Waals surface area contributed by atoms with E-state index in [0.29, 0.717) is 0 Å². The smallest absolute Gasteiger partial charge is 0.224 e. The third kappa shape index (κ3) is 5.52. The number of halogens is 2. The molecule has 0 radical (unpaired) electrons. The Hall–Kier alpha value is -0.360. The molecule has 7 heteroatoms. The number of nitrogens with zero attached hydrogens (tertiary/aromatic N) is 1. The van der Waals surface area contributed by atoms with Crippen LogP contribution in [0, 0.1) is 12.8 Å². The van der Waals surface area contributed by atoms with E-state index in [2.05, 4.69) is 10.3 Å². The van der Waals surface area contributed by atoms with Crippen LogP contribution in [-0.2, 0) is 4.79 Å². The van der Waals surface area contributed by atoms with Crippen LogP contribution in [0.2, 0.25) is 0 Å². The third-order valence-corrected chi connectivity index (χ3v) is 3.67. The Bertz CT molecular complexity index is 371. The Kier molecular flexibility index (Phi) is 9.64. The van der Waals surface area contributed by atoms with Crippen molar-refractivity contribution in [3.8, 4) is 0 Å². The zero-order valence-corrected chi connectivity index (χ0v) is 13.4. The lowest BCUT2D eigenvalue weighted by Crippen LogP contribution is -2.39. The van der Waals surface area contributed by atoms with Crippen LogP contribution in [0.15, 0.2) is 6.20 Å². The fourth-order valence-electron chi connectivity index (χ4n) is 1.22. The molecule has 1 amide bonds. The number of aromatic nitrogens is 1. The topological polar surface area (TPSA) is 68.0 Å². The van der Waals surface area contributed by atoms with E-state index in [-0.39, 0.29) is 48.7 Å². The molecule has 1 aromatic heterocycles. The van der Waals surface area contributed by atoms with Crippen molar-refractivity contribution in [1.29, 1.82) is 0 Å². The molecular formula is C11H21Cl2N3OS. The molecule has 1 rings (SSSR count). The van der Waals surface area contributed by atoms with Gasteiger partial charge in [0.15, 0.2) is 0 Å². The molecule has 0 aliphatic rings. The Morgan fingerprint density at radius 2 is 1.94 bits per heavy atom. The number of hydrogen-bond acceptors (Lipinski definition) is 4. The molecule has 3 unspecified atom stereocenters. The lowest BCUT2D eigenvalue weighted by Gasteiger charge is -2.18. The number of nitrogens with two attached hydrogens (primary N) is 1. The van der Waals surface area contributed by atoms with Crippen molar-refractivity contribution >= 4 is 42.1 Å². The molecule has 18 heavy (non-hydrogen) atoms. The minimum Gasteiger partial charge on any atom is -0.347 e. The molecule has 3 atom stereocenters. The molecule has 0 spiro atoms. The largest absolute Gasteiger partial charge is 0.347 e. The van der Waals surface area contributed by atoms with E-state index in [1.54, 1.807) is 11.3 Å². The molecule has 0 saturated carbocycles. The van der Waals surface area contributed by atoms with Crippen LogP contribution in [0.25, 0.3) is 0 Å². The van der Waals surface area contributed by atoms with E-state index >= 15 is 0 Å². The van der Waals surface area contributed by atoms with Gasteiger partial charge in [0, 0.05) is 23.0 Å². The predicted octanol–water partition coefficient (Wildman–Crippen LogP) is 2.46. The van der Waals surface area contributed by atoms with Crippen molar-refractivity contribution in [3.63, 3.8) is 0 Å². The van der Waals surface area contributed by atoms with Gasteiger partial charge in [0.1, 0.15) is 5.01 Å². The molecule has 0 fully saturated rings. The van der Waals surface area contributed by atoms with Crippen LogP contribution in [-0.4, -0.2) is 16.9 Å². The Balaban J connectivity index is 0. The van der Waals surface area contributed by atoms with Crippen molar-refractivity contribution in [2.75, 3.05) is 0 Å². The fraction of sp³-hybridized carbons (Fsp3) is 0.636. The van der Waals surface area contributed by atoms with Gasteiger partial charge in [-0.15, -0.1) is 36.2 Å². The maximum atomic E-state index is 11.8. The summed E-state index contributed by atoms with van der Waals surface area (Å²) in [6, 6.07) is -0.183. The minimum absolute atomic E-state index is 0. The van der Waals surface area contributed by atoms with Gasteiger partial charge in [-0.25, -0.2) is 4.98 Å². The van der Waals surface area contributed by atoms with Gasteiger partial charge in [0.25, 0.3) is 0 Å². The number of nitrogens with one attached hydrogen (secondary N) is 1. The summed E-state index contributed by atoms with van der Waals surface area (Å²) in [4.78, 5) is 17.2. The van der Waals surface area contributed by atoms with E-state index in [1.807, 2.05) is 33.9 Å². The van der Waals surface area contributed by atoms with Crippen LogP contribution in [0.3, 0.4) is 0 Å². The fourth-order valence-corrected chi connectivity index (χ4v) is 1.99. The van der Waals surface area contributed by atoms with Crippen molar-refractivity contribution in [2.45, 2.75) is 39.8 Å². The van der Waals surface area contributed by atoms with E-state index in [1.165, 1.54) is 0 Å². The molecule has 0 bridgehead atoms. The van der Waals surface area contributed by atoms with Gasteiger partial charge >= 0.3 is 0 Å². The van der Waals surface area contributed by atoms with Crippen molar-refractivity contribution < 1.29 is 4.79 Å². The highest BCUT2D eigenvalue weighted by molar-refractivity contribution is 7.11. The van der Waals surface area contributed by atoms with Crippen LogP contribution in [0.1, 0.15) is 36.7 Å². The Labute approximate surface area is 125 Å². The van der Waals surface area contributed by atoms with Crippen LogP contribution in [0.4, 0.5) is 0 Å². The Morgan fingerprint density at radius 3 is 2.33 bits per heavy atom. The molecular weight excluding hydrogens is 293 g/mol. The summed E-state index contributed by atoms with van der Waals surface area (Å²) in [5.74, 6) is -0.195. The van der Waals surface area contributed by atoms with Gasteiger partial charge in [-0.2, -0.15) is 0 Å². The molecule has 1 heterocycles. The number of amides is 1. The van der Waals surface area contributed by atoms with Gasteiger partial charge in [-0.3, -0.25) is 4.79 Å². The Morgan fingerprint density at radius 1 is 1.39 bits per heavy atom. The average Bonchev–Trinajstić information content (AvgIpc) is 2.63. The van der Waals surface area contributed by atoms with E-state index in [4.69, 9.17) is 5.73 Å². The SMILES string of the molecule is Cc1cnc(C(C)NC(=O)C(C)C(C)N)s1.Cl.Cl. The number of carbonyl (C=O) groups excluding carboxylic acids is 1. The lowest BCUT2D eigenvalue weighted by molar-refractivity contribution is -0.125. The van der Waals surface area contributed by atoms with Crippen LogP contribution >= 0.6 is 36.2 Å². The van der Waals surface area contributed by atoms with Crippen LogP contribution < -0.4 is 11.1 Å². The normalized spacial score (nSPS) is 14.7. The average molecular weight is 314 g/mol. The highest BCUT2D eigenvalue weighted by atomic mass is 35.5. The molecule has 0 saturated heterocycles. The molecule has 0 aliphatic heterocycles. The van der Waals surface area contributed by atoms with Gasteiger partial charge in [-0.1, -0.05) is 6.92 Å². The minimum atomic E-state index is -0.177. The summed E-state index contributed by atoms with van der Waals surface area (Å²) in [6.07, 6.45) is 1.82. The lowest BCUT2D eigenvalue weighted by atomic mass is 10.0. The molecule has 3 N–H and O–H groups in total. The molecule has 106 valence electrons. The molecule has 1 aromatic rings. The zero-order chi connectivity index (χ0) is 12.3.